The van der Waals surface area contributed by atoms with Crippen molar-refractivity contribution in [2.45, 2.75) is 26.1 Å². The fraction of sp³-hybridized carbons (Fsp3) is 0.194. The monoisotopic (exact) mass is 694 g/mol. The summed E-state index contributed by atoms with van der Waals surface area (Å²) < 4.78 is 47.5. The van der Waals surface area contributed by atoms with E-state index in [1.807, 2.05) is 0 Å². The van der Waals surface area contributed by atoms with Crippen molar-refractivity contribution in [1.82, 2.24) is 38.7 Å². The third kappa shape index (κ3) is 6.66. The maximum atomic E-state index is 14.9. The van der Waals surface area contributed by atoms with E-state index >= 15 is 0 Å². The van der Waals surface area contributed by atoms with Crippen molar-refractivity contribution in [3.05, 3.63) is 127 Å². The van der Waals surface area contributed by atoms with E-state index in [-0.39, 0.29) is 41.1 Å². The van der Waals surface area contributed by atoms with Crippen LogP contribution in [0.2, 0.25) is 5.02 Å². The van der Waals surface area contributed by atoms with Crippen molar-refractivity contribution in [3.63, 3.8) is 0 Å². The largest absolute Gasteiger partial charge is 0.478 e. The first kappa shape index (κ1) is 33.1. The average molecular weight is 695 g/mol. The molecule has 6 rings (SSSR count). The Morgan fingerprint density at radius 1 is 1.02 bits per heavy atom. The third-order valence-electron chi connectivity index (χ3n) is 7.69. The first-order valence-corrected chi connectivity index (χ1v) is 15.0. The van der Waals surface area contributed by atoms with Crippen LogP contribution in [0.5, 0.6) is 0 Å². The molecule has 0 aliphatic carbocycles. The number of hydrogen-bond donors (Lipinski definition) is 3. The molecule has 252 valence electrons. The zero-order valence-electron chi connectivity index (χ0n) is 25.6. The van der Waals surface area contributed by atoms with E-state index in [0.29, 0.717) is 45.2 Å². The summed E-state index contributed by atoms with van der Waals surface area (Å²) in [5, 5.41) is 21.6. The summed E-state index contributed by atoms with van der Waals surface area (Å²) in [4.78, 5) is 47.2. The Labute approximate surface area is 278 Å². The number of anilines is 2. The number of hydrogen-bond acceptors (Lipinski definition) is 9. The number of carbonyl (C=O) groups is 1. The first-order valence-electron chi connectivity index (χ1n) is 14.6. The van der Waals surface area contributed by atoms with Crippen LogP contribution in [0.1, 0.15) is 32.9 Å². The lowest BCUT2D eigenvalue weighted by molar-refractivity contribution is 0.0696. The molecule has 0 amide bonds. The van der Waals surface area contributed by atoms with Gasteiger partial charge in [-0.1, -0.05) is 23.7 Å². The molecule has 14 nitrogen and oxygen atoms in total. The van der Waals surface area contributed by atoms with Gasteiger partial charge in [0.05, 0.1) is 41.4 Å². The number of benzene rings is 3. The fourth-order valence-corrected chi connectivity index (χ4v) is 5.65. The number of nitrogens with two attached hydrogens (primary N) is 1. The summed E-state index contributed by atoms with van der Waals surface area (Å²) in [5.74, 6) is -5.28. The van der Waals surface area contributed by atoms with Crippen LogP contribution in [0.3, 0.4) is 0 Å². The van der Waals surface area contributed by atoms with Crippen LogP contribution in [0.4, 0.5) is 24.8 Å². The van der Waals surface area contributed by atoms with Crippen molar-refractivity contribution in [3.8, 4) is 0 Å². The lowest BCUT2D eigenvalue weighted by Gasteiger charge is -2.19. The summed E-state index contributed by atoms with van der Waals surface area (Å²) in [6.07, 6.45) is 3.23. The highest BCUT2D eigenvalue weighted by atomic mass is 35.5. The first-order chi connectivity index (χ1) is 23.4. The molecule has 0 saturated heterocycles. The second-order valence-corrected chi connectivity index (χ2v) is 11.4. The Kier molecular flexibility index (Phi) is 9.03. The van der Waals surface area contributed by atoms with Gasteiger partial charge in [0, 0.05) is 30.3 Å². The van der Waals surface area contributed by atoms with Gasteiger partial charge in [-0.25, -0.2) is 41.8 Å². The van der Waals surface area contributed by atoms with Crippen LogP contribution in [0.25, 0.3) is 10.9 Å². The van der Waals surface area contributed by atoms with Crippen molar-refractivity contribution >= 4 is 40.1 Å². The SMILES string of the molecule is Cn1cc2c(CCN)c(Nc3nc(=O)n(Cc4ncnn4Cc4cccc(C(=O)O)c4)c(=O)n3Cc3cc(F)c(F)cc3F)c(Cl)cc2n1. The van der Waals surface area contributed by atoms with Gasteiger partial charge in [-0.15, -0.1) is 0 Å². The van der Waals surface area contributed by atoms with Gasteiger partial charge in [-0.3, -0.25) is 9.25 Å². The lowest BCUT2D eigenvalue weighted by Crippen LogP contribution is -2.43. The quantitative estimate of drug-likeness (QED) is 0.171. The number of rotatable bonds is 11. The van der Waals surface area contributed by atoms with Crippen LogP contribution >= 0.6 is 11.6 Å². The number of nitrogens with one attached hydrogen (secondary N) is 1. The number of carboxylic acids is 1. The van der Waals surface area contributed by atoms with E-state index in [1.54, 1.807) is 36.1 Å². The summed E-state index contributed by atoms with van der Waals surface area (Å²) >= 11 is 6.64. The molecule has 0 unspecified atom stereocenters. The van der Waals surface area contributed by atoms with Gasteiger partial charge in [0.15, 0.2) is 11.6 Å². The van der Waals surface area contributed by atoms with Gasteiger partial charge in [0.2, 0.25) is 5.95 Å². The minimum atomic E-state index is -1.42. The Morgan fingerprint density at radius 2 is 1.80 bits per heavy atom. The highest BCUT2D eigenvalue weighted by Crippen LogP contribution is 2.35. The number of aromatic nitrogens is 8. The molecule has 0 radical (unpaired) electrons. The van der Waals surface area contributed by atoms with E-state index in [9.17, 15) is 32.7 Å². The molecule has 0 saturated carbocycles. The number of aromatic carboxylic acids is 1. The molecule has 18 heteroatoms. The second-order valence-electron chi connectivity index (χ2n) is 11.0. The van der Waals surface area contributed by atoms with Crippen LogP contribution < -0.4 is 22.4 Å². The number of halogens is 4. The molecule has 0 aliphatic heterocycles. The average Bonchev–Trinajstić information content (AvgIpc) is 3.65. The number of carboxylic acid groups (broad SMARTS) is 1. The maximum absolute atomic E-state index is 14.9. The molecule has 4 N–H and O–H groups in total. The molecule has 3 aromatic carbocycles. The predicted octanol–water partition coefficient (Wildman–Crippen LogP) is 3.04. The van der Waals surface area contributed by atoms with Gasteiger partial charge < -0.3 is 16.2 Å². The molecule has 0 bridgehead atoms. The maximum Gasteiger partial charge on any atom is 0.355 e. The number of nitrogens with zero attached hydrogens (tertiary/aromatic N) is 8. The van der Waals surface area contributed by atoms with E-state index in [4.69, 9.17) is 17.3 Å². The van der Waals surface area contributed by atoms with Crippen LogP contribution in [0, 0.1) is 17.5 Å². The van der Waals surface area contributed by atoms with Crippen molar-refractivity contribution < 1.29 is 23.1 Å². The number of aryl methyl sites for hydroxylation is 1. The van der Waals surface area contributed by atoms with Crippen LogP contribution in [-0.4, -0.2) is 56.3 Å². The van der Waals surface area contributed by atoms with E-state index in [1.165, 1.54) is 23.1 Å². The third-order valence-corrected chi connectivity index (χ3v) is 7.99. The Morgan fingerprint density at radius 3 is 2.55 bits per heavy atom. The Balaban J connectivity index is 1.45. The smallest absolute Gasteiger partial charge is 0.355 e. The Hall–Kier alpha value is -5.81. The van der Waals surface area contributed by atoms with E-state index in [2.05, 4.69) is 25.5 Å². The topological polar surface area (TPSA) is 181 Å². The van der Waals surface area contributed by atoms with Gasteiger partial charge in [-0.05, 0) is 48.4 Å². The number of fused-ring (bicyclic) bond motifs is 1. The standard InChI is InChI=1S/C31H26ClF3N10O4/c1-42-13-20-19(5-6-36)27(21(32)9-25(20)41-42)39-29-40-30(48)44(31(49)43(29)12-18-8-23(34)24(35)10-22(18)33)14-26-37-15-38-45(26)11-16-3-2-4-17(7-16)28(46)47/h2-4,7-10,13,15H,5-6,11-12,14,36H2,1H3,(H,46,47)(H,39,40,48). The minimum Gasteiger partial charge on any atom is -0.478 e. The molecule has 49 heavy (non-hydrogen) atoms. The van der Waals surface area contributed by atoms with Crippen LogP contribution in [-0.2, 0) is 33.1 Å². The lowest BCUT2D eigenvalue weighted by atomic mass is 10.0. The van der Waals surface area contributed by atoms with Crippen molar-refractivity contribution in [2.75, 3.05) is 11.9 Å². The molecule has 3 aromatic heterocycles. The zero-order valence-corrected chi connectivity index (χ0v) is 26.3. The van der Waals surface area contributed by atoms with Gasteiger partial charge in [0.25, 0.3) is 0 Å². The molecular weight excluding hydrogens is 669 g/mol. The Bertz CT molecular complexity index is 2370. The molecule has 0 fully saturated rings. The molecule has 6 aromatic rings. The molecule has 0 spiro atoms. The summed E-state index contributed by atoms with van der Waals surface area (Å²) in [6.45, 7) is -0.885. The van der Waals surface area contributed by atoms with E-state index in [0.717, 1.165) is 4.57 Å². The van der Waals surface area contributed by atoms with Crippen molar-refractivity contribution in [1.29, 1.82) is 0 Å². The highest BCUT2D eigenvalue weighted by molar-refractivity contribution is 6.34. The highest BCUT2D eigenvalue weighted by Gasteiger charge is 2.22. The molecule has 0 aliphatic rings. The summed E-state index contributed by atoms with van der Waals surface area (Å²) in [6, 6.07) is 8.61. The van der Waals surface area contributed by atoms with E-state index < -0.39 is 53.5 Å². The minimum absolute atomic E-state index is 0.0474. The molecular formula is C31H26ClF3N10O4. The fourth-order valence-electron chi connectivity index (χ4n) is 5.38. The van der Waals surface area contributed by atoms with Gasteiger partial charge in [0.1, 0.15) is 18.0 Å². The summed E-state index contributed by atoms with van der Waals surface area (Å²) in [7, 11) is 1.72. The molecule has 0 atom stereocenters. The zero-order chi connectivity index (χ0) is 35.0. The van der Waals surface area contributed by atoms with Gasteiger partial charge >= 0.3 is 17.3 Å². The van der Waals surface area contributed by atoms with Crippen LogP contribution in [0.15, 0.2) is 64.6 Å². The normalized spacial score (nSPS) is 11.4. The van der Waals surface area contributed by atoms with Crippen molar-refractivity contribution in [2.24, 2.45) is 12.8 Å². The predicted molar refractivity (Wildman–Crippen MR) is 172 cm³/mol. The second kappa shape index (κ2) is 13.4. The molecule has 3 heterocycles. The summed E-state index contributed by atoms with van der Waals surface area (Å²) in [5.41, 5.74) is 5.46. The van der Waals surface area contributed by atoms with Gasteiger partial charge in [-0.2, -0.15) is 15.2 Å².